The molecule has 1 unspecified atom stereocenters. The van der Waals surface area contributed by atoms with Crippen LogP contribution in [-0.2, 0) is 6.54 Å². The van der Waals surface area contributed by atoms with Gasteiger partial charge in [0.15, 0.2) is 0 Å². The van der Waals surface area contributed by atoms with Gasteiger partial charge in [0, 0.05) is 38.4 Å². The van der Waals surface area contributed by atoms with Crippen molar-refractivity contribution in [2.45, 2.75) is 19.5 Å². The van der Waals surface area contributed by atoms with Crippen molar-refractivity contribution in [3.05, 3.63) is 59.7 Å². The fourth-order valence-corrected chi connectivity index (χ4v) is 2.69. The molecule has 3 rings (SSSR count). The number of piperazine rings is 1. The van der Waals surface area contributed by atoms with E-state index in [0.717, 1.165) is 37.7 Å². The largest absolute Gasteiger partial charge is 0.308 e. The molecule has 0 spiro atoms. The molecule has 2 heterocycles. The Morgan fingerprint density at radius 2 is 2.10 bits per heavy atom. The van der Waals surface area contributed by atoms with Gasteiger partial charge in [-0.15, -0.1) is 0 Å². The second-order valence-electron chi connectivity index (χ2n) is 5.25. The average Bonchev–Trinajstić information content (AvgIpc) is 2.48. The zero-order valence-electron chi connectivity index (χ0n) is 11.8. The molecule has 0 aliphatic carbocycles. The normalized spacial score (nSPS) is 19.9. The molecule has 2 aromatic rings. The van der Waals surface area contributed by atoms with Crippen molar-refractivity contribution < 1.29 is 0 Å². The molecule has 104 valence electrons. The van der Waals surface area contributed by atoms with Crippen LogP contribution in [0.5, 0.6) is 0 Å². The van der Waals surface area contributed by atoms with E-state index in [0.29, 0.717) is 6.04 Å². The summed E-state index contributed by atoms with van der Waals surface area (Å²) in [7, 11) is 0. The second kappa shape index (κ2) is 6.11. The maximum atomic E-state index is 4.49. The zero-order valence-corrected chi connectivity index (χ0v) is 11.8. The lowest BCUT2D eigenvalue weighted by Crippen LogP contribution is -2.45. The highest BCUT2D eigenvalue weighted by Gasteiger charge is 2.20. The predicted molar refractivity (Wildman–Crippen MR) is 79.2 cm³/mol. The lowest BCUT2D eigenvalue weighted by Gasteiger charge is -2.33. The van der Waals surface area contributed by atoms with Crippen molar-refractivity contribution in [3.8, 4) is 0 Å². The third kappa shape index (κ3) is 3.21. The summed E-state index contributed by atoms with van der Waals surface area (Å²) >= 11 is 0. The first-order valence-corrected chi connectivity index (χ1v) is 7.10. The van der Waals surface area contributed by atoms with E-state index < -0.39 is 0 Å². The van der Waals surface area contributed by atoms with Crippen LogP contribution in [0.4, 0.5) is 0 Å². The Kier molecular flexibility index (Phi) is 4.04. The maximum Gasteiger partial charge on any atom is 0.125 e. The quantitative estimate of drug-likeness (QED) is 0.923. The minimum Gasteiger partial charge on any atom is -0.308 e. The fourth-order valence-electron chi connectivity index (χ4n) is 2.69. The fraction of sp³-hybridized carbons (Fsp3) is 0.375. The van der Waals surface area contributed by atoms with E-state index in [1.165, 1.54) is 5.56 Å². The molecule has 4 heteroatoms. The van der Waals surface area contributed by atoms with Gasteiger partial charge < -0.3 is 5.32 Å². The van der Waals surface area contributed by atoms with Crippen LogP contribution in [0, 0.1) is 6.92 Å². The van der Waals surface area contributed by atoms with Gasteiger partial charge in [-0.1, -0.05) is 30.3 Å². The van der Waals surface area contributed by atoms with Gasteiger partial charge >= 0.3 is 0 Å². The molecule has 1 aliphatic rings. The smallest absolute Gasteiger partial charge is 0.125 e. The van der Waals surface area contributed by atoms with Crippen molar-refractivity contribution in [2.24, 2.45) is 0 Å². The molecule has 0 saturated carbocycles. The molecule has 1 aliphatic heterocycles. The molecule has 1 atom stereocenters. The van der Waals surface area contributed by atoms with E-state index in [1.807, 2.05) is 19.2 Å². The van der Waals surface area contributed by atoms with Crippen LogP contribution >= 0.6 is 0 Å². The highest BCUT2D eigenvalue weighted by atomic mass is 15.2. The number of nitrogens with zero attached hydrogens (tertiary/aromatic N) is 3. The van der Waals surface area contributed by atoms with Crippen molar-refractivity contribution in [3.63, 3.8) is 0 Å². The molecule has 1 fully saturated rings. The summed E-state index contributed by atoms with van der Waals surface area (Å²) in [5.74, 6) is 0.845. The highest BCUT2D eigenvalue weighted by molar-refractivity contribution is 5.20. The van der Waals surface area contributed by atoms with E-state index >= 15 is 0 Å². The maximum absolute atomic E-state index is 4.49. The second-order valence-corrected chi connectivity index (χ2v) is 5.25. The van der Waals surface area contributed by atoms with Gasteiger partial charge in [-0.25, -0.2) is 9.97 Å². The summed E-state index contributed by atoms with van der Waals surface area (Å²) in [5.41, 5.74) is 2.46. The van der Waals surface area contributed by atoms with Crippen LogP contribution in [-0.4, -0.2) is 34.5 Å². The molecule has 4 nitrogen and oxygen atoms in total. The van der Waals surface area contributed by atoms with Crippen molar-refractivity contribution in [2.75, 3.05) is 19.6 Å². The van der Waals surface area contributed by atoms with Gasteiger partial charge in [0.25, 0.3) is 0 Å². The lowest BCUT2D eigenvalue weighted by atomic mass is 10.0. The van der Waals surface area contributed by atoms with E-state index in [1.54, 1.807) is 0 Å². The Balaban J connectivity index is 1.66. The Labute approximate surface area is 119 Å². The number of aryl methyl sites for hydroxylation is 1. The Bertz CT molecular complexity index is 555. The first-order valence-electron chi connectivity index (χ1n) is 7.10. The number of rotatable bonds is 3. The first kappa shape index (κ1) is 13.2. The molecule has 1 aromatic carbocycles. The monoisotopic (exact) mass is 268 g/mol. The van der Waals surface area contributed by atoms with E-state index in [4.69, 9.17) is 0 Å². The predicted octanol–water partition coefficient (Wildman–Crippen LogP) is 1.93. The third-order valence-electron chi connectivity index (χ3n) is 3.68. The molecular formula is C16H20N4. The number of hydrogen-bond donors (Lipinski definition) is 1. The van der Waals surface area contributed by atoms with Crippen LogP contribution in [0.25, 0.3) is 0 Å². The number of aromatic nitrogens is 2. The summed E-state index contributed by atoms with van der Waals surface area (Å²) < 4.78 is 0. The SMILES string of the molecule is Cc1nccc(CN2CCNC(c3ccccc3)C2)n1. The third-order valence-corrected chi connectivity index (χ3v) is 3.68. The van der Waals surface area contributed by atoms with Gasteiger partial charge in [0.2, 0.25) is 0 Å². The van der Waals surface area contributed by atoms with Gasteiger partial charge in [-0.2, -0.15) is 0 Å². The highest BCUT2D eigenvalue weighted by Crippen LogP contribution is 2.17. The van der Waals surface area contributed by atoms with Crippen LogP contribution in [0.3, 0.4) is 0 Å². The van der Waals surface area contributed by atoms with Gasteiger partial charge in [-0.05, 0) is 18.6 Å². The van der Waals surface area contributed by atoms with Crippen LogP contribution in [0.15, 0.2) is 42.6 Å². The standard InChI is InChI=1S/C16H20N4/c1-13-17-8-7-15(19-13)11-20-10-9-18-16(12-20)14-5-3-2-4-6-14/h2-8,16,18H,9-12H2,1H3. The number of nitrogens with one attached hydrogen (secondary N) is 1. The zero-order chi connectivity index (χ0) is 13.8. The molecule has 20 heavy (non-hydrogen) atoms. The molecule has 1 saturated heterocycles. The molecule has 0 radical (unpaired) electrons. The summed E-state index contributed by atoms with van der Waals surface area (Å²) in [6, 6.07) is 13.1. The molecule has 0 amide bonds. The Morgan fingerprint density at radius 3 is 2.90 bits per heavy atom. The van der Waals surface area contributed by atoms with E-state index in [2.05, 4.69) is 50.5 Å². The number of benzene rings is 1. The number of hydrogen-bond acceptors (Lipinski definition) is 4. The van der Waals surface area contributed by atoms with Crippen LogP contribution in [0.1, 0.15) is 23.1 Å². The van der Waals surface area contributed by atoms with Crippen molar-refractivity contribution in [1.82, 2.24) is 20.2 Å². The molecule has 0 bridgehead atoms. The first-order chi connectivity index (χ1) is 9.81. The lowest BCUT2D eigenvalue weighted by molar-refractivity contribution is 0.191. The Morgan fingerprint density at radius 1 is 1.25 bits per heavy atom. The van der Waals surface area contributed by atoms with Crippen LogP contribution in [0.2, 0.25) is 0 Å². The summed E-state index contributed by atoms with van der Waals surface area (Å²) in [6.07, 6.45) is 1.84. The van der Waals surface area contributed by atoms with Gasteiger partial charge in [-0.3, -0.25) is 4.90 Å². The molecule has 1 aromatic heterocycles. The summed E-state index contributed by atoms with van der Waals surface area (Å²) in [4.78, 5) is 11.1. The minimum absolute atomic E-state index is 0.410. The summed E-state index contributed by atoms with van der Waals surface area (Å²) in [5, 5.41) is 3.59. The minimum atomic E-state index is 0.410. The Hall–Kier alpha value is -1.78. The average molecular weight is 268 g/mol. The summed E-state index contributed by atoms with van der Waals surface area (Å²) in [6.45, 7) is 5.94. The van der Waals surface area contributed by atoms with Crippen LogP contribution < -0.4 is 5.32 Å². The van der Waals surface area contributed by atoms with Gasteiger partial charge in [0.1, 0.15) is 5.82 Å². The topological polar surface area (TPSA) is 41.1 Å². The van der Waals surface area contributed by atoms with E-state index in [9.17, 15) is 0 Å². The van der Waals surface area contributed by atoms with Gasteiger partial charge in [0.05, 0.1) is 5.69 Å². The van der Waals surface area contributed by atoms with E-state index in [-0.39, 0.29) is 0 Å². The molecule has 1 N–H and O–H groups in total. The van der Waals surface area contributed by atoms with Crippen molar-refractivity contribution in [1.29, 1.82) is 0 Å². The van der Waals surface area contributed by atoms with Crippen molar-refractivity contribution >= 4 is 0 Å². The molecular weight excluding hydrogens is 248 g/mol.